The third-order valence-corrected chi connectivity index (χ3v) is 3.42. The van der Waals surface area contributed by atoms with E-state index in [0.29, 0.717) is 0 Å². The Balaban J connectivity index is 2.85. The first-order valence-electron chi connectivity index (χ1n) is 7.02. The molecule has 0 aliphatic carbocycles. The number of carbonyl (C=O) groups is 2. The van der Waals surface area contributed by atoms with Crippen molar-refractivity contribution in [2.45, 2.75) is 0 Å². The van der Waals surface area contributed by atoms with Crippen LogP contribution in [-0.2, 0) is 0 Å². The summed E-state index contributed by atoms with van der Waals surface area (Å²) < 4.78 is 14.3. The van der Waals surface area contributed by atoms with E-state index in [9.17, 15) is 24.2 Å². The fourth-order valence-electron chi connectivity index (χ4n) is 2.21. The third kappa shape index (κ3) is 2.78. The summed E-state index contributed by atoms with van der Waals surface area (Å²) in [5.74, 6) is -3.15. The predicted molar refractivity (Wildman–Crippen MR) is 85.1 cm³/mol. The minimum absolute atomic E-state index is 0.252. The van der Waals surface area contributed by atoms with Crippen molar-refractivity contribution >= 4 is 11.8 Å². The molecule has 0 atom stereocenters. The van der Waals surface area contributed by atoms with Crippen LogP contribution in [0.15, 0.2) is 24.3 Å². The smallest absolute Gasteiger partial charge is 0.274 e. The monoisotopic (exact) mass is 335 g/mol. The molecule has 2 rings (SSSR count). The van der Waals surface area contributed by atoms with Crippen molar-refractivity contribution in [2.24, 2.45) is 0 Å². The third-order valence-electron chi connectivity index (χ3n) is 3.42. The van der Waals surface area contributed by atoms with Gasteiger partial charge < -0.3 is 20.0 Å². The molecule has 0 fully saturated rings. The molecular formula is C16H18FN3O4. The number of rotatable bonds is 3. The number of aromatic nitrogens is 1. The predicted octanol–water partition coefficient (Wildman–Crippen LogP) is 1.43. The number of aromatic hydroxyl groups is 2. The van der Waals surface area contributed by atoms with E-state index in [1.165, 1.54) is 50.1 Å². The minimum Gasteiger partial charge on any atom is -0.503 e. The molecule has 0 spiro atoms. The SMILES string of the molecule is CN(C)C(=O)c1c(O)c(O)c(C(=O)N(C)C)n1-c1ccc(F)cc1. The molecule has 2 N–H and O–H groups in total. The van der Waals surface area contributed by atoms with Gasteiger partial charge in [0.1, 0.15) is 5.82 Å². The molecule has 24 heavy (non-hydrogen) atoms. The van der Waals surface area contributed by atoms with E-state index in [-0.39, 0.29) is 17.1 Å². The Hall–Kier alpha value is -3.03. The van der Waals surface area contributed by atoms with Crippen molar-refractivity contribution in [1.29, 1.82) is 0 Å². The highest BCUT2D eigenvalue weighted by atomic mass is 19.1. The number of carbonyl (C=O) groups excluding carboxylic acids is 2. The van der Waals surface area contributed by atoms with Crippen molar-refractivity contribution in [3.8, 4) is 17.2 Å². The quantitative estimate of drug-likeness (QED) is 0.888. The summed E-state index contributed by atoms with van der Waals surface area (Å²) in [6, 6.07) is 4.98. The molecule has 8 heteroatoms. The molecule has 2 aromatic rings. The lowest BCUT2D eigenvalue weighted by molar-refractivity contribution is 0.0811. The van der Waals surface area contributed by atoms with Gasteiger partial charge in [0.15, 0.2) is 22.9 Å². The number of halogens is 1. The van der Waals surface area contributed by atoms with E-state index in [2.05, 4.69) is 0 Å². The second kappa shape index (κ2) is 6.23. The summed E-state index contributed by atoms with van der Waals surface area (Å²) in [6.45, 7) is 0. The first-order valence-corrected chi connectivity index (χ1v) is 7.02. The van der Waals surface area contributed by atoms with Crippen molar-refractivity contribution in [3.63, 3.8) is 0 Å². The molecule has 7 nitrogen and oxygen atoms in total. The fourth-order valence-corrected chi connectivity index (χ4v) is 2.21. The van der Waals surface area contributed by atoms with E-state index in [4.69, 9.17) is 0 Å². The standard InChI is InChI=1S/C16H18FN3O4/c1-18(2)15(23)11-13(21)14(22)12(16(24)19(3)4)20(11)10-7-5-9(17)6-8-10/h5-8,21-22H,1-4H3. The summed E-state index contributed by atoms with van der Waals surface area (Å²) in [7, 11) is 5.87. The van der Waals surface area contributed by atoms with Gasteiger partial charge in [-0.25, -0.2) is 4.39 Å². The zero-order chi connectivity index (χ0) is 18.2. The van der Waals surface area contributed by atoms with E-state index in [0.717, 1.165) is 16.7 Å². The lowest BCUT2D eigenvalue weighted by atomic mass is 10.2. The van der Waals surface area contributed by atoms with Gasteiger partial charge in [-0.2, -0.15) is 0 Å². The Labute approximate surface area is 138 Å². The maximum Gasteiger partial charge on any atom is 0.274 e. The number of hydrogen-bond donors (Lipinski definition) is 2. The average Bonchev–Trinajstić information content (AvgIpc) is 2.78. The van der Waals surface area contributed by atoms with Crippen LogP contribution < -0.4 is 0 Å². The molecule has 1 heterocycles. The molecule has 1 aromatic carbocycles. The summed E-state index contributed by atoms with van der Waals surface area (Å²) in [5, 5.41) is 20.4. The van der Waals surface area contributed by atoms with E-state index >= 15 is 0 Å². The van der Waals surface area contributed by atoms with Gasteiger partial charge in [0.25, 0.3) is 11.8 Å². The van der Waals surface area contributed by atoms with Gasteiger partial charge in [0.2, 0.25) is 0 Å². The fraction of sp³-hybridized carbons (Fsp3) is 0.250. The summed E-state index contributed by atoms with van der Waals surface area (Å²) in [4.78, 5) is 27.2. The van der Waals surface area contributed by atoms with Crippen molar-refractivity contribution in [1.82, 2.24) is 14.4 Å². The Morgan fingerprint density at radius 2 is 1.25 bits per heavy atom. The largest absolute Gasteiger partial charge is 0.503 e. The van der Waals surface area contributed by atoms with Crippen LogP contribution in [-0.4, -0.2) is 64.6 Å². The van der Waals surface area contributed by atoms with E-state index < -0.39 is 29.1 Å². The Kier molecular flexibility index (Phi) is 4.50. The number of benzene rings is 1. The van der Waals surface area contributed by atoms with Crippen LogP contribution in [0.5, 0.6) is 11.5 Å². The van der Waals surface area contributed by atoms with Crippen molar-refractivity contribution in [2.75, 3.05) is 28.2 Å². The van der Waals surface area contributed by atoms with E-state index in [1.807, 2.05) is 0 Å². The summed E-state index contributed by atoms with van der Waals surface area (Å²) in [6.07, 6.45) is 0. The van der Waals surface area contributed by atoms with Crippen molar-refractivity contribution in [3.05, 3.63) is 41.5 Å². The molecule has 0 aliphatic heterocycles. The van der Waals surface area contributed by atoms with Crippen LogP contribution >= 0.6 is 0 Å². The van der Waals surface area contributed by atoms with Gasteiger partial charge in [-0.15, -0.1) is 0 Å². The summed E-state index contributed by atoms with van der Waals surface area (Å²) in [5.41, 5.74) is -0.314. The van der Waals surface area contributed by atoms with Crippen LogP contribution in [0.3, 0.4) is 0 Å². The maximum absolute atomic E-state index is 13.2. The maximum atomic E-state index is 13.2. The molecule has 0 unspecified atom stereocenters. The lowest BCUT2D eigenvalue weighted by Gasteiger charge is -2.17. The van der Waals surface area contributed by atoms with Crippen LogP contribution in [0, 0.1) is 5.82 Å². The average molecular weight is 335 g/mol. The van der Waals surface area contributed by atoms with Crippen molar-refractivity contribution < 1.29 is 24.2 Å². The molecular weight excluding hydrogens is 317 g/mol. The van der Waals surface area contributed by atoms with Crippen LogP contribution in [0.25, 0.3) is 5.69 Å². The normalized spacial score (nSPS) is 10.5. The molecule has 0 radical (unpaired) electrons. The molecule has 128 valence electrons. The molecule has 2 amide bonds. The Bertz CT molecular complexity index is 751. The highest BCUT2D eigenvalue weighted by Gasteiger charge is 2.33. The summed E-state index contributed by atoms with van der Waals surface area (Å²) >= 11 is 0. The zero-order valence-electron chi connectivity index (χ0n) is 13.7. The highest BCUT2D eigenvalue weighted by Crippen LogP contribution is 2.39. The Morgan fingerprint density at radius 3 is 1.58 bits per heavy atom. The molecule has 0 bridgehead atoms. The number of nitrogens with zero attached hydrogens (tertiary/aromatic N) is 3. The van der Waals surface area contributed by atoms with Gasteiger partial charge in [-0.1, -0.05) is 0 Å². The zero-order valence-corrected chi connectivity index (χ0v) is 13.7. The molecule has 0 saturated heterocycles. The number of hydrogen-bond acceptors (Lipinski definition) is 4. The molecule has 0 saturated carbocycles. The van der Waals surface area contributed by atoms with Gasteiger partial charge in [0, 0.05) is 33.9 Å². The minimum atomic E-state index is -0.705. The first-order chi connectivity index (χ1) is 11.2. The van der Waals surface area contributed by atoms with Gasteiger partial charge in [0.05, 0.1) is 0 Å². The van der Waals surface area contributed by atoms with Gasteiger partial charge in [-0.05, 0) is 24.3 Å². The highest BCUT2D eigenvalue weighted by molar-refractivity contribution is 6.04. The first kappa shape index (κ1) is 17.3. The van der Waals surface area contributed by atoms with Crippen LogP contribution in [0.1, 0.15) is 21.0 Å². The van der Waals surface area contributed by atoms with Crippen LogP contribution in [0.2, 0.25) is 0 Å². The van der Waals surface area contributed by atoms with Crippen LogP contribution in [0.4, 0.5) is 4.39 Å². The van der Waals surface area contributed by atoms with E-state index in [1.54, 1.807) is 0 Å². The van der Waals surface area contributed by atoms with Gasteiger partial charge in [-0.3, -0.25) is 14.2 Å². The Morgan fingerprint density at radius 1 is 0.875 bits per heavy atom. The lowest BCUT2D eigenvalue weighted by Crippen LogP contribution is -2.28. The second-order valence-electron chi connectivity index (χ2n) is 5.61. The van der Waals surface area contributed by atoms with Gasteiger partial charge >= 0.3 is 0 Å². The topological polar surface area (TPSA) is 86.0 Å². The number of amides is 2. The molecule has 0 aliphatic rings. The molecule has 1 aromatic heterocycles. The second-order valence-corrected chi connectivity index (χ2v) is 5.61.